The van der Waals surface area contributed by atoms with E-state index >= 15 is 0 Å². The Bertz CT molecular complexity index is 791. The molecule has 0 saturated carbocycles. The predicted octanol–water partition coefficient (Wildman–Crippen LogP) is 5.62. The average molecular weight is 350 g/mol. The molecule has 0 saturated heterocycles. The fraction of sp³-hybridized carbons (Fsp3) is 0.0588. The first-order chi connectivity index (χ1) is 10.7. The van der Waals surface area contributed by atoms with Crippen molar-refractivity contribution in [3.63, 3.8) is 0 Å². The molecule has 0 fully saturated rings. The van der Waals surface area contributed by atoms with E-state index in [1.807, 2.05) is 42.5 Å². The number of aromatic nitrogens is 2. The monoisotopic (exact) mass is 348 g/mol. The molecule has 1 atom stereocenters. The second-order valence-corrected chi connectivity index (χ2v) is 5.98. The van der Waals surface area contributed by atoms with Crippen LogP contribution in [-0.2, 0) is 0 Å². The summed E-state index contributed by atoms with van der Waals surface area (Å²) in [6.07, 6.45) is 3.15. The van der Waals surface area contributed by atoms with E-state index in [-0.39, 0.29) is 5.92 Å². The van der Waals surface area contributed by atoms with Crippen LogP contribution in [0.25, 0.3) is 0 Å². The van der Waals surface area contributed by atoms with E-state index < -0.39 is 0 Å². The number of nitrogens with zero attached hydrogens (tertiary/aromatic N) is 2. The van der Waals surface area contributed by atoms with Gasteiger partial charge in [-0.05, 0) is 23.3 Å². The van der Waals surface area contributed by atoms with Gasteiger partial charge in [0.2, 0.25) is 0 Å². The number of halogens is 3. The van der Waals surface area contributed by atoms with E-state index in [0.29, 0.717) is 15.2 Å². The van der Waals surface area contributed by atoms with Crippen molar-refractivity contribution < 1.29 is 0 Å². The average Bonchev–Trinajstić information content (AvgIpc) is 2.52. The van der Waals surface area contributed by atoms with Crippen molar-refractivity contribution in [3.8, 4) is 0 Å². The van der Waals surface area contributed by atoms with Crippen molar-refractivity contribution in [2.45, 2.75) is 5.92 Å². The lowest BCUT2D eigenvalue weighted by Gasteiger charge is -2.20. The predicted molar refractivity (Wildman–Crippen MR) is 90.9 cm³/mol. The smallest absolute Gasteiger partial charge is 0.136 e. The van der Waals surface area contributed by atoms with Crippen LogP contribution in [0.5, 0.6) is 0 Å². The minimum Gasteiger partial charge on any atom is -0.244 e. The van der Waals surface area contributed by atoms with Gasteiger partial charge in [0.15, 0.2) is 0 Å². The van der Waals surface area contributed by atoms with E-state index in [0.717, 1.165) is 16.7 Å². The van der Waals surface area contributed by atoms with E-state index in [9.17, 15) is 0 Å². The Kier molecular flexibility index (Phi) is 4.63. The lowest BCUT2D eigenvalue weighted by molar-refractivity contribution is 0.941. The van der Waals surface area contributed by atoms with Gasteiger partial charge in [-0.3, -0.25) is 0 Å². The molecule has 3 rings (SSSR count). The highest BCUT2D eigenvalue weighted by Gasteiger charge is 2.22. The van der Waals surface area contributed by atoms with Gasteiger partial charge in [0.05, 0.1) is 0 Å². The first kappa shape index (κ1) is 15.3. The summed E-state index contributed by atoms with van der Waals surface area (Å²) in [5.41, 5.74) is 2.77. The summed E-state index contributed by atoms with van der Waals surface area (Å²) in [5, 5.41) is 1.59. The molecule has 110 valence electrons. The van der Waals surface area contributed by atoms with Crippen LogP contribution < -0.4 is 0 Å². The summed E-state index contributed by atoms with van der Waals surface area (Å²) in [5.74, 6) is -0.153. The third-order valence-corrected chi connectivity index (χ3v) is 4.29. The second kappa shape index (κ2) is 6.66. The lowest BCUT2D eigenvalue weighted by atomic mass is 9.86. The molecule has 22 heavy (non-hydrogen) atoms. The SMILES string of the molecule is Clc1ccc(C(c2ccccc2)c2cncnc2Cl)c(Cl)c1. The molecule has 5 heteroatoms. The lowest BCUT2D eigenvalue weighted by Crippen LogP contribution is -2.06. The molecule has 0 radical (unpaired) electrons. The van der Waals surface area contributed by atoms with Gasteiger partial charge >= 0.3 is 0 Å². The molecular formula is C17H11Cl3N2. The van der Waals surface area contributed by atoms with Gasteiger partial charge in [0, 0.05) is 27.7 Å². The van der Waals surface area contributed by atoms with Crippen molar-refractivity contribution in [1.82, 2.24) is 9.97 Å². The third-order valence-electron chi connectivity index (χ3n) is 3.41. The van der Waals surface area contributed by atoms with Crippen molar-refractivity contribution in [2.75, 3.05) is 0 Å². The minimum atomic E-state index is -0.153. The summed E-state index contributed by atoms with van der Waals surface area (Å²) in [6.45, 7) is 0. The van der Waals surface area contributed by atoms with E-state index in [4.69, 9.17) is 34.8 Å². The van der Waals surface area contributed by atoms with Crippen molar-refractivity contribution in [1.29, 1.82) is 0 Å². The van der Waals surface area contributed by atoms with Gasteiger partial charge in [-0.15, -0.1) is 0 Å². The molecule has 0 spiro atoms. The second-order valence-electron chi connectivity index (χ2n) is 4.78. The minimum absolute atomic E-state index is 0.153. The molecule has 3 aromatic rings. The molecule has 1 heterocycles. The van der Waals surface area contributed by atoms with Crippen molar-refractivity contribution >= 4 is 34.8 Å². The van der Waals surface area contributed by atoms with E-state index in [2.05, 4.69) is 9.97 Å². The van der Waals surface area contributed by atoms with Crippen LogP contribution in [0.3, 0.4) is 0 Å². The summed E-state index contributed by atoms with van der Waals surface area (Å²) in [7, 11) is 0. The summed E-state index contributed by atoms with van der Waals surface area (Å²) < 4.78 is 0. The summed E-state index contributed by atoms with van der Waals surface area (Å²) >= 11 is 18.7. The number of hydrogen-bond acceptors (Lipinski definition) is 2. The topological polar surface area (TPSA) is 25.8 Å². The van der Waals surface area contributed by atoms with Crippen LogP contribution in [0.1, 0.15) is 22.6 Å². The molecule has 2 aromatic carbocycles. The Labute approximate surface area is 143 Å². The molecule has 0 amide bonds. The summed E-state index contributed by atoms with van der Waals surface area (Å²) in [6, 6.07) is 15.4. The summed E-state index contributed by atoms with van der Waals surface area (Å²) in [4.78, 5) is 8.18. The van der Waals surface area contributed by atoms with Crippen LogP contribution in [0, 0.1) is 0 Å². The molecule has 2 nitrogen and oxygen atoms in total. The fourth-order valence-corrected chi connectivity index (χ4v) is 3.15. The highest BCUT2D eigenvalue weighted by atomic mass is 35.5. The van der Waals surface area contributed by atoms with Crippen molar-refractivity contribution in [2.24, 2.45) is 0 Å². The van der Waals surface area contributed by atoms with Crippen LogP contribution in [-0.4, -0.2) is 9.97 Å². The molecule has 0 aliphatic carbocycles. The normalized spacial score (nSPS) is 12.1. The Morgan fingerprint density at radius 2 is 1.64 bits per heavy atom. The largest absolute Gasteiger partial charge is 0.244 e. The molecule has 0 aliphatic rings. The standard InChI is InChI=1S/C17H11Cl3N2/c18-12-6-7-13(15(19)8-12)16(11-4-2-1-3-5-11)14-9-21-10-22-17(14)20/h1-10,16H. The van der Waals surface area contributed by atoms with Crippen LogP contribution in [0.2, 0.25) is 15.2 Å². The van der Waals surface area contributed by atoms with Crippen LogP contribution >= 0.6 is 34.8 Å². The maximum atomic E-state index is 6.41. The molecule has 0 bridgehead atoms. The first-order valence-corrected chi connectivity index (χ1v) is 7.75. The van der Waals surface area contributed by atoms with Gasteiger partial charge < -0.3 is 0 Å². The number of benzene rings is 2. The van der Waals surface area contributed by atoms with E-state index in [1.54, 1.807) is 12.3 Å². The van der Waals surface area contributed by atoms with Gasteiger partial charge in [0.25, 0.3) is 0 Å². The highest BCUT2D eigenvalue weighted by Crippen LogP contribution is 2.38. The fourth-order valence-electron chi connectivity index (χ4n) is 2.43. The molecule has 1 unspecified atom stereocenters. The van der Waals surface area contributed by atoms with Gasteiger partial charge in [-0.2, -0.15) is 0 Å². The van der Waals surface area contributed by atoms with Crippen LogP contribution in [0.4, 0.5) is 0 Å². The van der Waals surface area contributed by atoms with E-state index in [1.165, 1.54) is 6.33 Å². The van der Waals surface area contributed by atoms with Gasteiger partial charge in [-0.1, -0.05) is 71.2 Å². The quantitative estimate of drug-likeness (QED) is 0.574. The number of hydrogen-bond donors (Lipinski definition) is 0. The Morgan fingerprint density at radius 1 is 0.864 bits per heavy atom. The Balaban J connectivity index is 2.22. The first-order valence-electron chi connectivity index (χ1n) is 6.62. The zero-order valence-corrected chi connectivity index (χ0v) is 13.6. The Morgan fingerprint density at radius 3 is 2.32 bits per heavy atom. The van der Waals surface area contributed by atoms with Gasteiger partial charge in [0.1, 0.15) is 11.5 Å². The Hall–Kier alpha value is -1.61. The molecule has 0 aliphatic heterocycles. The maximum Gasteiger partial charge on any atom is 0.136 e. The molecule has 1 aromatic heterocycles. The van der Waals surface area contributed by atoms with Gasteiger partial charge in [-0.25, -0.2) is 9.97 Å². The maximum absolute atomic E-state index is 6.41. The van der Waals surface area contributed by atoms with Crippen LogP contribution in [0.15, 0.2) is 61.1 Å². The number of rotatable bonds is 3. The zero-order chi connectivity index (χ0) is 15.5. The third kappa shape index (κ3) is 3.09. The zero-order valence-electron chi connectivity index (χ0n) is 11.4. The highest BCUT2D eigenvalue weighted by molar-refractivity contribution is 6.35. The van der Waals surface area contributed by atoms with Crippen molar-refractivity contribution in [3.05, 3.63) is 92.9 Å². The molecule has 0 N–H and O–H groups in total. The molecular weight excluding hydrogens is 339 g/mol.